The topological polar surface area (TPSA) is 178 Å². The molecule has 0 aromatic heterocycles. The molecule has 0 fully saturated rings. The van der Waals surface area contributed by atoms with Crippen LogP contribution in [0.3, 0.4) is 0 Å². The summed E-state index contributed by atoms with van der Waals surface area (Å²) in [5, 5.41) is 29.7. The van der Waals surface area contributed by atoms with Crippen LogP contribution in [0.1, 0.15) is 11.1 Å². The molecule has 0 heterocycles. The molecule has 0 spiro atoms. The highest BCUT2D eigenvalue weighted by molar-refractivity contribution is 7.94. The van der Waals surface area contributed by atoms with Gasteiger partial charge in [-0.1, -0.05) is 11.1 Å². The minimum Gasteiger partial charge on any atom is -0.495 e. The number of methoxy groups -OCH3 is 1. The van der Waals surface area contributed by atoms with Crippen molar-refractivity contribution < 1.29 is 32.3 Å². The van der Waals surface area contributed by atoms with Crippen molar-refractivity contribution in [2.24, 2.45) is 20.5 Å². The van der Waals surface area contributed by atoms with Gasteiger partial charge in [-0.25, -0.2) is 5.26 Å². The van der Waals surface area contributed by atoms with Gasteiger partial charge in [0.1, 0.15) is 10.6 Å². The van der Waals surface area contributed by atoms with Crippen LogP contribution in [0.25, 0.3) is 10.8 Å². The molecule has 202 valence electrons. The summed E-state index contributed by atoms with van der Waals surface area (Å²) in [4.78, 5) is -0.0851. The first-order valence-corrected chi connectivity index (χ1v) is 13.4. The van der Waals surface area contributed by atoms with Gasteiger partial charge in [0.25, 0.3) is 10.1 Å². The molecule has 0 aliphatic rings. The van der Waals surface area contributed by atoms with Crippen molar-refractivity contribution in [2.75, 3.05) is 12.8 Å². The fraction of sp³-hybridized carbons (Fsp3) is 0.120. The normalized spacial score (nSPS) is 12.1. The molecule has 12 nitrogen and oxygen atoms in total. The number of aryl methyl sites for hydroxylation is 2. The van der Waals surface area contributed by atoms with Crippen LogP contribution in [0.5, 0.6) is 5.75 Å². The molecule has 0 atom stereocenters. The number of nitrogens with two attached hydrogens (primary N) is 1. The molecular weight excluding hydrogens is 546 g/mol. The lowest BCUT2D eigenvalue weighted by Crippen LogP contribution is -1.99. The van der Waals surface area contributed by atoms with E-state index >= 15 is 0 Å². The van der Waals surface area contributed by atoms with E-state index < -0.39 is 10.1 Å². The largest absolute Gasteiger partial charge is 0.495 e. The molecule has 0 unspecified atom stereocenters. The van der Waals surface area contributed by atoms with Gasteiger partial charge in [0.15, 0.2) is 0 Å². The molecule has 0 bridgehead atoms. The van der Waals surface area contributed by atoms with E-state index in [2.05, 4.69) is 29.8 Å². The first-order chi connectivity index (χ1) is 18.6. The highest BCUT2D eigenvalue weighted by Gasteiger charge is 2.17. The number of anilines is 1. The summed E-state index contributed by atoms with van der Waals surface area (Å²) in [5.41, 5.74) is 10.2. The van der Waals surface area contributed by atoms with Gasteiger partial charge in [-0.05, 0) is 78.9 Å². The van der Waals surface area contributed by atoms with Crippen molar-refractivity contribution in [3.05, 3.63) is 71.8 Å². The lowest BCUT2D eigenvalue weighted by atomic mass is 10.1. The number of fused-ring (bicyclic) bond motifs is 1. The smallest absolute Gasteiger partial charge is 0.295 e. The van der Waals surface area contributed by atoms with Crippen LogP contribution >= 0.6 is 12.0 Å². The number of ether oxygens (including phenoxy) is 1. The first-order valence-electron chi connectivity index (χ1n) is 11.2. The van der Waals surface area contributed by atoms with Crippen LogP contribution in [-0.4, -0.2) is 25.3 Å². The number of rotatable bonds is 9. The second-order valence-corrected chi connectivity index (χ2v) is 10.4. The van der Waals surface area contributed by atoms with Crippen LogP contribution < -0.4 is 10.5 Å². The maximum atomic E-state index is 12.0. The summed E-state index contributed by atoms with van der Waals surface area (Å²) in [6.45, 7) is 3.72. The molecule has 0 aliphatic heterocycles. The molecule has 14 heteroatoms. The maximum absolute atomic E-state index is 12.0. The van der Waals surface area contributed by atoms with Crippen molar-refractivity contribution in [2.45, 2.75) is 23.6 Å². The quantitative estimate of drug-likeness (QED) is 0.0458. The van der Waals surface area contributed by atoms with Gasteiger partial charge < -0.3 is 10.5 Å². The van der Waals surface area contributed by atoms with Crippen LogP contribution in [0, 0.1) is 13.8 Å². The second-order valence-electron chi connectivity index (χ2n) is 8.28. The molecule has 0 amide bonds. The molecule has 4 aromatic rings. The lowest BCUT2D eigenvalue weighted by molar-refractivity contribution is -0.432. The van der Waals surface area contributed by atoms with E-state index in [9.17, 15) is 13.0 Å². The number of nitrogen functional groups attached to an aromatic ring is 1. The van der Waals surface area contributed by atoms with Gasteiger partial charge in [-0.2, -0.15) is 28.9 Å². The average Bonchev–Trinajstić information content (AvgIpc) is 2.89. The molecule has 0 saturated carbocycles. The van der Waals surface area contributed by atoms with Crippen molar-refractivity contribution in [3.63, 3.8) is 0 Å². The first kappa shape index (κ1) is 28.1. The van der Waals surface area contributed by atoms with Gasteiger partial charge >= 0.3 is 0 Å². The Morgan fingerprint density at radius 3 is 2.18 bits per heavy atom. The van der Waals surface area contributed by atoms with E-state index in [1.807, 2.05) is 13.8 Å². The molecule has 0 radical (unpaired) electrons. The number of azo groups is 2. The zero-order valence-electron chi connectivity index (χ0n) is 20.9. The number of nitrogens with zero attached hydrogens (tertiary/aromatic N) is 4. The summed E-state index contributed by atoms with van der Waals surface area (Å²) >= 11 is 0.570. The van der Waals surface area contributed by atoms with E-state index in [4.69, 9.17) is 15.7 Å². The predicted molar refractivity (Wildman–Crippen MR) is 146 cm³/mol. The van der Waals surface area contributed by atoms with E-state index in [1.54, 1.807) is 48.5 Å². The molecule has 4 aromatic carbocycles. The standard InChI is InChI=1S/C25H23N5O7S2/c1-14-8-17(27-30-23-13-24(35-3)21(26)9-15(23)2)6-7-22(14)29-28-18-5-4-16-10-19(38-37-36-31)12-25(20(16)11-18)39(32,33)34/h4-13,31H,26H2,1-3H3,(H,32,33,34). The Kier molecular flexibility index (Phi) is 8.54. The summed E-state index contributed by atoms with van der Waals surface area (Å²) in [7, 11) is -3.05. The Labute approximate surface area is 228 Å². The zero-order chi connectivity index (χ0) is 28.2. The Morgan fingerprint density at radius 2 is 1.51 bits per heavy atom. The van der Waals surface area contributed by atoms with Gasteiger partial charge in [0.05, 0.1) is 47.6 Å². The Hall–Kier alpha value is -3.92. The van der Waals surface area contributed by atoms with Crippen LogP contribution in [-0.2, 0) is 19.5 Å². The van der Waals surface area contributed by atoms with Gasteiger partial charge in [-0.15, -0.1) is 4.33 Å². The Morgan fingerprint density at radius 1 is 0.846 bits per heavy atom. The SMILES string of the molecule is COc1cc(N=Nc2ccc(N=Nc3ccc4cc(SOOO)cc(S(=O)(=O)O)c4c3)c(C)c2)c(C)cc1N. The monoisotopic (exact) mass is 569 g/mol. The van der Waals surface area contributed by atoms with Crippen molar-refractivity contribution in [3.8, 4) is 5.75 Å². The van der Waals surface area contributed by atoms with Crippen molar-refractivity contribution in [1.29, 1.82) is 0 Å². The molecule has 4 N–H and O–H groups in total. The number of hydrogen-bond donors (Lipinski definition) is 3. The molecular formula is C25H23N5O7S2. The Bertz CT molecular complexity index is 1710. The minimum absolute atomic E-state index is 0.227. The highest BCUT2D eigenvalue weighted by atomic mass is 32.2. The maximum Gasteiger partial charge on any atom is 0.295 e. The summed E-state index contributed by atoms with van der Waals surface area (Å²) < 4.78 is 43.3. The lowest BCUT2D eigenvalue weighted by Gasteiger charge is -2.08. The van der Waals surface area contributed by atoms with E-state index in [-0.39, 0.29) is 15.2 Å². The fourth-order valence-corrected chi connectivity index (χ4v) is 4.94. The van der Waals surface area contributed by atoms with Crippen LogP contribution in [0.15, 0.2) is 90.9 Å². The third kappa shape index (κ3) is 6.75. The zero-order valence-corrected chi connectivity index (χ0v) is 22.5. The predicted octanol–water partition coefficient (Wildman–Crippen LogP) is 7.55. The minimum atomic E-state index is -4.58. The van der Waals surface area contributed by atoms with Crippen LogP contribution in [0.2, 0.25) is 0 Å². The van der Waals surface area contributed by atoms with Crippen molar-refractivity contribution >= 4 is 61.4 Å². The van der Waals surface area contributed by atoms with Crippen molar-refractivity contribution in [1.82, 2.24) is 0 Å². The third-order valence-corrected chi connectivity index (χ3v) is 7.04. The summed E-state index contributed by atoms with van der Waals surface area (Å²) in [6, 6.07) is 16.3. The van der Waals surface area contributed by atoms with E-state index in [0.717, 1.165) is 11.1 Å². The molecule has 0 saturated heterocycles. The Balaban J connectivity index is 1.59. The van der Waals surface area contributed by atoms with E-state index in [1.165, 1.54) is 19.2 Å². The number of hydrogen-bond acceptors (Lipinski definition) is 12. The molecule has 39 heavy (non-hydrogen) atoms. The van der Waals surface area contributed by atoms with Gasteiger partial charge in [0.2, 0.25) is 0 Å². The van der Waals surface area contributed by atoms with E-state index in [0.29, 0.717) is 51.6 Å². The summed E-state index contributed by atoms with van der Waals surface area (Å²) in [5.74, 6) is 0.517. The average molecular weight is 570 g/mol. The van der Waals surface area contributed by atoms with Gasteiger partial charge in [0, 0.05) is 16.3 Å². The number of benzene rings is 4. The molecule has 4 rings (SSSR count). The molecule has 0 aliphatic carbocycles. The van der Waals surface area contributed by atoms with Gasteiger partial charge in [-0.3, -0.25) is 4.55 Å². The summed E-state index contributed by atoms with van der Waals surface area (Å²) in [6.07, 6.45) is 0. The third-order valence-electron chi connectivity index (χ3n) is 5.59. The van der Waals surface area contributed by atoms with Crippen LogP contribution in [0.4, 0.5) is 28.4 Å². The fourth-order valence-electron chi connectivity index (χ4n) is 3.69. The highest BCUT2D eigenvalue weighted by Crippen LogP contribution is 2.35. The second kappa shape index (κ2) is 11.9.